The Labute approximate surface area is 79.0 Å². The fraction of sp³-hybridized carbons (Fsp3) is 1.00. The molecule has 7 heavy (non-hydrogen) atoms. The van der Waals surface area contributed by atoms with Crippen LogP contribution in [-0.2, 0) is 13.5 Å². The van der Waals surface area contributed by atoms with Gasteiger partial charge in [0, 0.05) is 0 Å². The van der Waals surface area contributed by atoms with E-state index in [1.165, 1.54) is 0 Å². The summed E-state index contributed by atoms with van der Waals surface area (Å²) in [7, 11) is 9.13. The molecule has 0 N–H and O–H groups in total. The normalized spacial score (nSPS) is 3.71. The quantitative estimate of drug-likeness (QED) is 0.363. The summed E-state index contributed by atoms with van der Waals surface area (Å²) in [5.41, 5.74) is 0. The molecule has 0 saturated heterocycles. The van der Waals surface area contributed by atoms with E-state index in [-0.39, 0.29) is 51.9 Å². The van der Waals surface area contributed by atoms with Crippen molar-refractivity contribution in [2.75, 3.05) is 0 Å². The molecular weight excluding hydrogens is 358 g/mol. The summed E-state index contributed by atoms with van der Waals surface area (Å²) in [6.07, 6.45) is 0. The third-order valence-corrected chi connectivity index (χ3v) is 0. The molecule has 0 aliphatic rings. The van der Waals surface area contributed by atoms with Crippen molar-refractivity contribution in [2.45, 2.75) is 9.88 Å². The van der Waals surface area contributed by atoms with Gasteiger partial charge < -0.3 is 13.5 Å². The standard InChI is InChI=1S/2CH3.H2S.2S.2Sn/h2*1H3;1H2;;;;/p-1. The maximum Gasteiger partial charge on any atom is -0.813 e. The molecule has 0 fully saturated rings. The van der Waals surface area contributed by atoms with Crippen molar-refractivity contribution in [3.63, 3.8) is 0 Å². The van der Waals surface area contributed by atoms with E-state index in [2.05, 4.69) is 28.5 Å². The molecule has 0 aromatic carbocycles. The molecule has 0 spiro atoms. The van der Waals surface area contributed by atoms with Crippen LogP contribution < -0.4 is 0 Å². The molecule has 0 amide bonds. The van der Waals surface area contributed by atoms with Crippen LogP contribution in [0.2, 0.25) is 9.88 Å². The van der Waals surface area contributed by atoms with Crippen LogP contribution in [0.15, 0.2) is 0 Å². The summed E-state index contributed by atoms with van der Waals surface area (Å²) in [6.45, 7) is 0. The van der Waals surface area contributed by atoms with Gasteiger partial charge in [-0.25, -0.2) is 0 Å². The minimum absolute atomic E-state index is 0. The first-order chi connectivity index (χ1) is 2.83. The Morgan fingerprint density at radius 1 is 1.00 bits per heavy atom. The van der Waals surface area contributed by atoms with Crippen molar-refractivity contribution in [2.24, 2.45) is 0 Å². The summed E-state index contributed by atoms with van der Waals surface area (Å²) >= 11 is -0.373. The molecule has 0 aromatic heterocycles. The molecule has 0 rings (SSSR count). The van der Waals surface area contributed by atoms with Crippen molar-refractivity contribution in [3.8, 4) is 0 Å². The third-order valence-electron chi connectivity index (χ3n) is 0. The molecule has 0 aliphatic heterocycles. The molecule has 2 radical (unpaired) electrons. The molecular formula is C2H7S3Sn2-. The van der Waals surface area contributed by atoms with Gasteiger partial charge in [0.05, 0.1) is 0 Å². The van der Waals surface area contributed by atoms with Crippen LogP contribution in [0, 0.1) is 0 Å². The molecule has 0 saturated carbocycles. The van der Waals surface area contributed by atoms with Gasteiger partial charge in [-0.15, -0.1) is 0 Å². The van der Waals surface area contributed by atoms with Crippen LogP contribution in [0.1, 0.15) is 0 Å². The minimum Gasteiger partial charge on any atom is -0.813 e. The van der Waals surface area contributed by atoms with E-state index in [1.807, 2.05) is 0 Å². The van der Waals surface area contributed by atoms with Crippen LogP contribution in [0.25, 0.3) is 0 Å². The van der Waals surface area contributed by atoms with Gasteiger partial charge in [0.15, 0.2) is 0 Å². The monoisotopic (exact) mass is 367 g/mol. The van der Waals surface area contributed by atoms with Gasteiger partial charge in [-0.05, 0) is 0 Å². The first-order valence-electron chi connectivity index (χ1n) is 1.41. The Balaban J connectivity index is -0.0000000400. The zero-order chi connectivity index (χ0) is 5.41. The Kier molecular flexibility index (Phi) is 55.0. The second kappa shape index (κ2) is 23.8. The Morgan fingerprint density at radius 2 is 1.00 bits per heavy atom. The zero-order valence-electron chi connectivity index (χ0n) is 4.26. The Morgan fingerprint density at radius 3 is 1.00 bits per heavy atom. The molecule has 0 aliphatic carbocycles. The SMILES string of the molecule is [CH3][Sn]=[S].[CH3][Sn]=[S].[SH-]. The van der Waals surface area contributed by atoms with Gasteiger partial charge in [0.25, 0.3) is 0 Å². The molecule has 5 heteroatoms. The van der Waals surface area contributed by atoms with Gasteiger partial charge in [-0.2, -0.15) is 0 Å². The van der Waals surface area contributed by atoms with Gasteiger partial charge in [0.1, 0.15) is 0 Å². The molecule has 0 heterocycles. The summed E-state index contributed by atoms with van der Waals surface area (Å²) in [4.78, 5) is 4.22. The number of hydrogen-bond acceptors (Lipinski definition) is 3. The molecule has 0 unspecified atom stereocenters. The maximum atomic E-state index is 4.56. The third kappa shape index (κ3) is 60.0. The average molecular weight is 365 g/mol. The van der Waals surface area contributed by atoms with E-state index in [0.29, 0.717) is 0 Å². The van der Waals surface area contributed by atoms with Gasteiger partial charge >= 0.3 is 66.9 Å². The average Bonchev–Trinajstić information content (AvgIpc) is 1.39. The van der Waals surface area contributed by atoms with Crippen LogP contribution in [0.3, 0.4) is 0 Å². The molecule has 0 bridgehead atoms. The largest absolute Gasteiger partial charge is 0.813 e. The second-order valence-corrected chi connectivity index (χ2v) is 8.22. The van der Waals surface area contributed by atoms with E-state index in [0.717, 1.165) is 0 Å². The van der Waals surface area contributed by atoms with Gasteiger partial charge in [-0.1, -0.05) is 0 Å². The molecule has 0 aromatic rings. The van der Waals surface area contributed by atoms with Crippen molar-refractivity contribution < 1.29 is 0 Å². The Hall–Kier alpha value is 2.39. The van der Waals surface area contributed by atoms with E-state index in [4.69, 9.17) is 0 Å². The summed E-state index contributed by atoms with van der Waals surface area (Å²) in [5, 5.41) is 0. The number of hydrogen-bond donors (Lipinski definition) is 0. The molecule has 42 valence electrons. The zero-order valence-corrected chi connectivity index (χ0v) is 12.5. The van der Waals surface area contributed by atoms with Crippen LogP contribution in [-0.4, -0.2) is 38.4 Å². The molecule has 0 atom stereocenters. The predicted molar refractivity (Wildman–Crippen MR) is 47.2 cm³/mol. The minimum atomic E-state index is -0.187. The summed E-state index contributed by atoms with van der Waals surface area (Å²) < 4.78 is 0. The predicted octanol–water partition coefficient (Wildman–Crippen LogP) is 1.43. The smallest absolute Gasteiger partial charge is 0.813 e. The van der Waals surface area contributed by atoms with E-state index in [9.17, 15) is 0 Å². The van der Waals surface area contributed by atoms with Crippen LogP contribution in [0.4, 0.5) is 0 Å². The fourth-order valence-electron chi connectivity index (χ4n) is 0. The van der Waals surface area contributed by atoms with Gasteiger partial charge in [0.2, 0.25) is 0 Å². The number of thiol groups is 1. The first-order valence-corrected chi connectivity index (χ1v) is 14.9. The van der Waals surface area contributed by atoms with Crippen molar-refractivity contribution in [3.05, 3.63) is 0 Å². The topological polar surface area (TPSA) is 0 Å². The summed E-state index contributed by atoms with van der Waals surface area (Å²) in [5.74, 6) is 0. The van der Waals surface area contributed by atoms with E-state index >= 15 is 0 Å². The summed E-state index contributed by atoms with van der Waals surface area (Å²) in [6, 6.07) is 0. The van der Waals surface area contributed by atoms with Gasteiger partial charge in [-0.3, -0.25) is 0 Å². The van der Waals surface area contributed by atoms with Crippen molar-refractivity contribution in [1.82, 2.24) is 0 Å². The van der Waals surface area contributed by atoms with E-state index < -0.39 is 0 Å². The Bertz CT molecular complexity index is 31.9. The first kappa shape index (κ1) is 16.2. The van der Waals surface area contributed by atoms with Crippen LogP contribution in [0.5, 0.6) is 0 Å². The fourth-order valence-corrected chi connectivity index (χ4v) is 0. The van der Waals surface area contributed by atoms with E-state index in [1.54, 1.807) is 0 Å². The number of rotatable bonds is 0. The van der Waals surface area contributed by atoms with Crippen LogP contribution >= 0.6 is 18.6 Å². The maximum absolute atomic E-state index is 4.56. The van der Waals surface area contributed by atoms with Crippen molar-refractivity contribution >= 4 is 70.5 Å². The van der Waals surface area contributed by atoms with Crippen molar-refractivity contribution in [1.29, 1.82) is 0 Å². The second-order valence-electron chi connectivity index (χ2n) is 0.408. The molecule has 0 nitrogen and oxygen atoms in total.